The molecule has 1 aliphatic rings. The van der Waals surface area contributed by atoms with Gasteiger partial charge in [-0.3, -0.25) is 0 Å². The van der Waals surface area contributed by atoms with E-state index in [9.17, 15) is 8.42 Å². The minimum atomic E-state index is -3.49. The van der Waals surface area contributed by atoms with E-state index in [0.29, 0.717) is 18.1 Å². The lowest BCUT2D eigenvalue weighted by Gasteiger charge is -2.16. The summed E-state index contributed by atoms with van der Waals surface area (Å²) in [5.41, 5.74) is 7.56. The molecule has 1 saturated carbocycles. The minimum absolute atomic E-state index is 0.142. The van der Waals surface area contributed by atoms with E-state index in [-0.39, 0.29) is 12.5 Å². The average Bonchev–Trinajstić information content (AvgIpc) is 3.31. The highest BCUT2D eigenvalue weighted by Crippen LogP contribution is 2.63. The predicted octanol–water partition coefficient (Wildman–Crippen LogP) is 2.92. The molecule has 2 aromatic rings. The van der Waals surface area contributed by atoms with E-state index in [1.807, 2.05) is 56.3 Å². The van der Waals surface area contributed by atoms with Crippen LogP contribution in [0.25, 0.3) is 0 Å². The molecule has 4 nitrogen and oxygen atoms in total. The summed E-state index contributed by atoms with van der Waals surface area (Å²) in [7, 11) is -3.49. The van der Waals surface area contributed by atoms with Crippen molar-refractivity contribution < 1.29 is 13.2 Å². The molecule has 3 atom stereocenters. The van der Waals surface area contributed by atoms with Crippen molar-refractivity contribution in [1.82, 2.24) is 0 Å². The maximum Gasteiger partial charge on any atom is 0.182 e. The van der Waals surface area contributed by atoms with Gasteiger partial charge in [0.15, 0.2) is 9.84 Å². The van der Waals surface area contributed by atoms with Gasteiger partial charge in [-0.2, -0.15) is 0 Å². The number of nitrogens with two attached hydrogens (primary N) is 1. The van der Waals surface area contributed by atoms with Crippen LogP contribution in [-0.4, -0.2) is 33.4 Å². The van der Waals surface area contributed by atoms with Crippen LogP contribution in [0.15, 0.2) is 59.5 Å². The van der Waals surface area contributed by atoms with Crippen LogP contribution < -0.4 is 5.73 Å². The Hall–Kier alpha value is -1.69. The Morgan fingerprint density at radius 2 is 1.72 bits per heavy atom. The van der Waals surface area contributed by atoms with Crippen molar-refractivity contribution in [1.29, 1.82) is 0 Å². The smallest absolute Gasteiger partial charge is 0.182 e. The Labute approximate surface area is 149 Å². The highest BCUT2D eigenvalue weighted by atomic mass is 32.2. The molecule has 25 heavy (non-hydrogen) atoms. The lowest BCUT2D eigenvalue weighted by atomic mass is 10.0. The summed E-state index contributed by atoms with van der Waals surface area (Å²) in [6.45, 7) is 5.03. The first-order chi connectivity index (χ1) is 12.0. The zero-order valence-corrected chi connectivity index (χ0v) is 15.5. The number of benzene rings is 2. The number of sulfone groups is 1. The summed E-state index contributed by atoms with van der Waals surface area (Å²) in [6, 6.07) is 16.8. The van der Waals surface area contributed by atoms with E-state index >= 15 is 0 Å². The predicted molar refractivity (Wildman–Crippen MR) is 99.3 cm³/mol. The third-order valence-corrected chi connectivity index (χ3v) is 7.52. The average molecular weight is 359 g/mol. The van der Waals surface area contributed by atoms with E-state index in [1.54, 1.807) is 12.1 Å². The van der Waals surface area contributed by atoms with Gasteiger partial charge in [0.2, 0.25) is 0 Å². The van der Waals surface area contributed by atoms with Gasteiger partial charge in [0.05, 0.1) is 16.8 Å². The highest BCUT2D eigenvalue weighted by Gasteiger charge is 2.70. The molecule has 0 aliphatic heterocycles. The van der Waals surface area contributed by atoms with Crippen LogP contribution in [0.4, 0.5) is 0 Å². The summed E-state index contributed by atoms with van der Waals surface area (Å²) in [4.78, 5) is 0.357. The van der Waals surface area contributed by atoms with Crippen molar-refractivity contribution in [3.05, 3.63) is 65.7 Å². The molecule has 1 aliphatic carbocycles. The quantitative estimate of drug-likeness (QED) is 0.825. The third-order valence-electron chi connectivity index (χ3n) is 5.18. The molecule has 5 heteroatoms. The zero-order chi connectivity index (χ0) is 18.1. The van der Waals surface area contributed by atoms with Crippen molar-refractivity contribution in [2.75, 3.05) is 19.8 Å². The van der Waals surface area contributed by atoms with Crippen LogP contribution in [0.1, 0.15) is 24.0 Å². The zero-order valence-electron chi connectivity index (χ0n) is 14.7. The molecule has 2 aromatic carbocycles. The van der Waals surface area contributed by atoms with Crippen molar-refractivity contribution >= 4 is 9.84 Å². The summed E-state index contributed by atoms with van der Waals surface area (Å²) < 4.78 is 32.3. The van der Waals surface area contributed by atoms with Gasteiger partial charge in [-0.05, 0) is 31.5 Å². The third kappa shape index (κ3) is 3.12. The molecule has 0 heterocycles. The highest BCUT2D eigenvalue weighted by molar-refractivity contribution is 7.92. The first-order valence-electron chi connectivity index (χ1n) is 8.60. The number of rotatable bonds is 7. The first kappa shape index (κ1) is 18.1. The molecule has 1 fully saturated rings. The van der Waals surface area contributed by atoms with Gasteiger partial charge in [-0.25, -0.2) is 8.42 Å². The summed E-state index contributed by atoms with van der Waals surface area (Å²) >= 11 is 0. The fraction of sp³-hybridized carbons (Fsp3) is 0.400. The van der Waals surface area contributed by atoms with Crippen LogP contribution in [0.5, 0.6) is 0 Å². The Morgan fingerprint density at radius 3 is 2.28 bits per heavy atom. The van der Waals surface area contributed by atoms with E-state index in [1.165, 1.54) is 0 Å². The standard InChI is InChI=1S/C20H25NO3S/c1-3-24-14-20(13-21)18(16-7-5-4-6-8-16)19(20)25(22,23)17-11-9-15(2)10-12-17/h4-12,18-19H,3,13-14,21H2,1-2H3/t18-,19-,20-/m0/s1. The van der Waals surface area contributed by atoms with Crippen molar-refractivity contribution in [2.45, 2.75) is 29.9 Å². The fourth-order valence-electron chi connectivity index (χ4n) is 3.75. The maximum atomic E-state index is 13.3. The Kier molecular flexibility index (Phi) is 5.00. The Balaban J connectivity index is 2.03. The lowest BCUT2D eigenvalue weighted by molar-refractivity contribution is 0.101. The van der Waals surface area contributed by atoms with Gasteiger partial charge in [-0.15, -0.1) is 0 Å². The molecular formula is C20H25NO3S. The summed E-state index contributed by atoms with van der Waals surface area (Å²) in [6.07, 6.45) is 0. The van der Waals surface area contributed by atoms with E-state index in [0.717, 1.165) is 11.1 Å². The number of hydrogen-bond acceptors (Lipinski definition) is 4. The fourth-order valence-corrected chi connectivity index (χ4v) is 6.19. The Morgan fingerprint density at radius 1 is 1.08 bits per heavy atom. The van der Waals surface area contributed by atoms with Crippen molar-refractivity contribution in [3.8, 4) is 0 Å². The molecular weight excluding hydrogens is 334 g/mol. The second kappa shape index (κ2) is 6.90. The molecule has 0 spiro atoms. The van der Waals surface area contributed by atoms with Gasteiger partial charge in [0, 0.05) is 24.5 Å². The van der Waals surface area contributed by atoms with Crippen molar-refractivity contribution in [2.24, 2.45) is 11.1 Å². The summed E-state index contributed by atoms with van der Waals surface area (Å²) in [5.74, 6) is -0.142. The minimum Gasteiger partial charge on any atom is -0.381 e. The lowest BCUT2D eigenvalue weighted by Crippen LogP contribution is -2.29. The Bertz CT molecular complexity index is 818. The van der Waals surface area contributed by atoms with Gasteiger partial charge in [0.25, 0.3) is 0 Å². The van der Waals surface area contributed by atoms with Gasteiger partial charge >= 0.3 is 0 Å². The van der Waals surface area contributed by atoms with Crippen LogP contribution >= 0.6 is 0 Å². The van der Waals surface area contributed by atoms with Crippen LogP contribution in [0.3, 0.4) is 0 Å². The van der Waals surface area contributed by atoms with Gasteiger partial charge in [0.1, 0.15) is 0 Å². The molecule has 3 rings (SSSR count). The second-order valence-electron chi connectivity index (χ2n) is 6.74. The first-order valence-corrected chi connectivity index (χ1v) is 10.2. The topological polar surface area (TPSA) is 69.4 Å². The molecule has 2 N–H and O–H groups in total. The van der Waals surface area contributed by atoms with E-state index in [2.05, 4.69) is 0 Å². The molecule has 0 unspecified atom stereocenters. The molecule has 0 bridgehead atoms. The SMILES string of the molecule is CCOC[C@@]1(CN)[C@@H](c2ccccc2)[C@@H]1S(=O)(=O)c1ccc(C)cc1. The number of hydrogen-bond donors (Lipinski definition) is 1. The largest absolute Gasteiger partial charge is 0.381 e. The normalized spacial score (nSPS) is 25.7. The molecule has 0 aromatic heterocycles. The van der Waals surface area contributed by atoms with Crippen LogP contribution in [-0.2, 0) is 14.6 Å². The van der Waals surface area contributed by atoms with E-state index in [4.69, 9.17) is 10.5 Å². The van der Waals surface area contributed by atoms with E-state index < -0.39 is 20.5 Å². The monoisotopic (exact) mass is 359 g/mol. The van der Waals surface area contributed by atoms with Gasteiger partial charge in [-0.1, -0.05) is 48.0 Å². The second-order valence-corrected chi connectivity index (χ2v) is 8.81. The van der Waals surface area contributed by atoms with Crippen LogP contribution in [0, 0.1) is 12.3 Å². The molecule has 0 saturated heterocycles. The number of ether oxygens (including phenoxy) is 1. The van der Waals surface area contributed by atoms with Crippen LogP contribution in [0.2, 0.25) is 0 Å². The van der Waals surface area contributed by atoms with Crippen molar-refractivity contribution in [3.63, 3.8) is 0 Å². The molecule has 134 valence electrons. The summed E-state index contributed by atoms with van der Waals surface area (Å²) in [5, 5.41) is -0.554. The molecule has 0 radical (unpaired) electrons. The maximum absolute atomic E-state index is 13.3. The number of aryl methyl sites for hydroxylation is 1. The molecule has 0 amide bonds. The van der Waals surface area contributed by atoms with Gasteiger partial charge < -0.3 is 10.5 Å².